The van der Waals surface area contributed by atoms with Crippen LogP contribution in [0.25, 0.3) is 0 Å². The summed E-state index contributed by atoms with van der Waals surface area (Å²) in [5.41, 5.74) is 3.11. The molecule has 4 rings (SSSR count). The average Bonchev–Trinajstić information content (AvgIpc) is 3.35. The molecule has 3 aromatic heterocycles. The second-order valence-corrected chi connectivity index (χ2v) is 7.37. The molecule has 0 aliphatic carbocycles. The third-order valence-corrected chi connectivity index (χ3v) is 5.40. The number of aryl methyl sites for hydroxylation is 1. The van der Waals surface area contributed by atoms with E-state index in [1.165, 1.54) is 0 Å². The van der Waals surface area contributed by atoms with E-state index in [0.29, 0.717) is 13.1 Å². The van der Waals surface area contributed by atoms with Crippen LogP contribution in [0, 0.1) is 0 Å². The number of amides is 1. The maximum absolute atomic E-state index is 12.9. The molecule has 0 fully saturated rings. The van der Waals surface area contributed by atoms with Crippen LogP contribution in [-0.2, 0) is 31.5 Å². The van der Waals surface area contributed by atoms with Crippen molar-refractivity contribution in [3.05, 3.63) is 64.3 Å². The summed E-state index contributed by atoms with van der Waals surface area (Å²) in [6.07, 6.45) is 5.22. The topological polar surface area (TPSA) is 63.3 Å². The van der Waals surface area contributed by atoms with E-state index in [1.54, 1.807) is 30.2 Å². The van der Waals surface area contributed by atoms with Crippen LogP contribution >= 0.6 is 11.3 Å². The third-order valence-electron chi connectivity index (χ3n) is 4.53. The normalized spacial score (nSPS) is 17.4. The van der Waals surface area contributed by atoms with Crippen LogP contribution in [0.2, 0.25) is 0 Å². The Morgan fingerprint density at radius 1 is 1.48 bits per heavy atom. The first-order valence-electron chi connectivity index (χ1n) is 8.24. The molecule has 1 aliphatic heterocycles. The van der Waals surface area contributed by atoms with Crippen molar-refractivity contribution in [1.29, 1.82) is 0 Å². The van der Waals surface area contributed by atoms with Crippen LogP contribution in [-0.4, -0.2) is 26.9 Å². The molecule has 1 aliphatic rings. The van der Waals surface area contributed by atoms with E-state index in [2.05, 4.69) is 15.2 Å². The molecule has 1 amide bonds. The standard InChI is InChI=1S/C18H20N4O2S/c1-21-12-20-16-10-22(8-13-4-5-24-11-13)9-15(17(16)21)18(23)19-7-14-3-2-6-25-14/h2-6,11-12,15H,7-10H2,1H3,(H,19,23)/t15-/m1/s1. The number of hydrogen-bond donors (Lipinski definition) is 1. The van der Waals surface area contributed by atoms with Gasteiger partial charge in [0.25, 0.3) is 0 Å². The molecule has 0 aromatic carbocycles. The Labute approximate surface area is 150 Å². The Morgan fingerprint density at radius 2 is 2.40 bits per heavy atom. The van der Waals surface area contributed by atoms with Crippen molar-refractivity contribution in [1.82, 2.24) is 19.8 Å². The van der Waals surface area contributed by atoms with Crippen LogP contribution in [0.15, 0.2) is 46.8 Å². The monoisotopic (exact) mass is 356 g/mol. The van der Waals surface area contributed by atoms with Gasteiger partial charge in [-0.25, -0.2) is 4.98 Å². The lowest BCUT2D eigenvalue weighted by Crippen LogP contribution is -2.41. The van der Waals surface area contributed by atoms with Gasteiger partial charge in [0.2, 0.25) is 5.91 Å². The fraction of sp³-hybridized carbons (Fsp3) is 0.333. The van der Waals surface area contributed by atoms with Crippen LogP contribution in [0.1, 0.15) is 27.7 Å². The van der Waals surface area contributed by atoms with Crippen molar-refractivity contribution >= 4 is 17.2 Å². The van der Waals surface area contributed by atoms with E-state index >= 15 is 0 Å². The zero-order valence-electron chi connectivity index (χ0n) is 14.0. The minimum Gasteiger partial charge on any atom is -0.472 e. The Kier molecular flexibility index (Phi) is 4.42. The Morgan fingerprint density at radius 3 is 3.16 bits per heavy atom. The van der Waals surface area contributed by atoms with E-state index in [0.717, 1.165) is 34.9 Å². The number of furan rings is 1. The lowest BCUT2D eigenvalue weighted by atomic mass is 9.96. The van der Waals surface area contributed by atoms with Gasteiger partial charge in [-0.3, -0.25) is 9.69 Å². The van der Waals surface area contributed by atoms with Gasteiger partial charge >= 0.3 is 0 Å². The fourth-order valence-corrected chi connectivity index (χ4v) is 4.00. The van der Waals surface area contributed by atoms with Gasteiger partial charge in [0.05, 0.1) is 42.7 Å². The Bertz CT molecular complexity index is 839. The summed E-state index contributed by atoms with van der Waals surface area (Å²) in [6, 6.07) is 5.99. The van der Waals surface area contributed by atoms with Crippen molar-refractivity contribution in [2.75, 3.05) is 6.54 Å². The number of nitrogens with one attached hydrogen (secondary N) is 1. The smallest absolute Gasteiger partial charge is 0.230 e. The molecule has 0 bridgehead atoms. The summed E-state index contributed by atoms with van der Waals surface area (Å²) < 4.78 is 7.13. The minimum absolute atomic E-state index is 0.0511. The van der Waals surface area contributed by atoms with Gasteiger partial charge in [-0.05, 0) is 17.5 Å². The zero-order valence-corrected chi connectivity index (χ0v) is 14.8. The van der Waals surface area contributed by atoms with Crippen LogP contribution in [0.3, 0.4) is 0 Å². The van der Waals surface area contributed by atoms with Gasteiger partial charge in [-0.2, -0.15) is 0 Å². The Balaban J connectivity index is 1.51. The molecular weight excluding hydrogens is 336 g/mol. The molecule has 6 nitrogen and oxygen atoms in total. The zero-order chi connectivity index (χ0) is 17.2. The maximum atomic E-state index is 12.9. The highest BCUT2D eigenvalue weighted by atomic mass is 32.1. The van der Waals surface area contributed by atoms with E-state index in [4.69, 9.17) is 4.42 Å². The molecule has 0 saturated heterocycles. The fourth-order valence-electron chi connectivity index (χ4n) is 3.36. The SMILES string of the molecule is Cn1cnc2c1[C@H](C(=O)NCc1cccs1)CN(Cc1ccoc1)C2. The lowest BCUT2D eigenvalue weighted by Gasteiger charge is -2.31. The van der Waals surface area contributed by atoms with E-state index in [-0.39, 0.29) is 11.8 Å². The summed E-state index contributed by atoms with van der Waals surface area (Å²) in [4.78, 5) is 20.8. The second kappa shape index (κ2) is 6.85. The number of thiophene rings is 1. The average molecular weight is 356 g/mol. The third kappa shape index (κ3) is 3.38. The van der Waals surface area contributed by atoms with Crippen molar-refractivity contribution in [3.8, 4) is 0 Å². The van der Waals surface area contributed by atoms with Crippen molar-refractivity contribution in [3.63, 3.8) is 0 Å². The van der Waals surface area contributed by atoms with Gasteiger partial charge in [-0.1, -0.05) is 6.07 Å². The van der Waals surface area contributed by atoms with Crippen LogP contribution < -0.4 is 5.32 Å². The number of aromatic nitrogens is 2. The van der Waals surface area contributed by atoms with E-state index in [1.807, 2.05) is 35.2 Å². The summed E-state index contributed by atoms with van der Waals surface area (Å²) in [5, 5.41) is 5.10. The van der Waals surface area contributed by atoms with Crippen LogP contribution in [0.4, 0.5) is 0 Å². The number of carbonyl (C=O) groups excluding carboxylic acids is 1. The van der Waals surface area contributed by atoms with Crippen molar-refractivity contribution in [2.24, 2.45) is 7.05 Å². The van der Waals surface area contributed by atoms with Gasteiger partial charge in [0.1, 0.15) is 0 Å². The van der Waals surface area contributed by atoms with Gasteiger partial charge in [-0.15, -0.1) is 11.3 Å². The first kappa shape index (κ1) is 16.1. The van der Waals surface area contributed by atoms with Gasteiger partial charge in [0.15, 0.2) is 0 Å². The van der Waals surface area contributed by atoms with Crippen LogP contribution in [0.5, 0.6) is 0 Å². The highest BCUT2D eigenvalue weighted by Gasteiger charge is 2.33. The molecule has 130 valence electrons. The minimum atomic E-state index is -0.219. The molecule has 0 spiro atoms. The number of hydrogen-bond acceptors (Lipinski definition) is 5. The number of fused-ring (bicyclic) bond motifs is 1. The number of imidazole rings is 1. The number of rotatable bonds is 5. The summed E-state index contributed by atoms with van der Waals surface area (Å²) in [5.74, 6) is -0.168. The molecule has 0 saturated carbocycles. The number of carbonyl (C=O) groups is 1. The summed E-state index contributed by atoms with van der Waals surface area (Å²) >= 11 is 1.65. The molecule has 25 heavy (non-hydrogen) atoms. The quantitative estimate of drug-likeness (QED) is 0.763. The molecule has 3 aromatic rings. The highest BCUT2D eigenvalue weighted by molar-refractivity contribution is 7.09. The highest BCUT2D eigenvalue weighted by Crippen LogP contribution is 2.28. The predicted octanol–water partition coefficient (Wildman–Crippen LogP) is 2.49. The summed E-state index contributed by atoms with van der Waals surface area (Å²) in [6.45, 7) is 2.74. The molecule has 0 unspecified atom stereocenters. The molecule has 7 heteroatoms. The molecule has 1 N–H and O–H groups in total. The first-order chi connectivity index (χ1) is 12.2. The number of nitrogens with zero attached hydrogens (tertiary/aromatic N) is 3. The summed E-state index contributed by atoms with van der Waals surface area (Å²) in [7, 11) is 1.96. The largest absolute Gasteiger partial charge is 0.472 e. The van der Waals surface area contributed by atoms with E-state index < -0.39 is 0 Å². The molecule has 4 heterocycles. The van der Waals surface area contributed by atoms with Crippen molar-refractivity contribution in [2.45, 2.75) is 25.6 Å². The second-order valence-electron chi connectivity index (χ2n) is 6.34. The van der Waals surface area contributed by atoms with Gasteiger partial charge in [0, 0.05) is 37.1 Å². The lowest BCUT2D eigenvalue weighted by molar-refractivity contribution is -0.123. The molecule has 1 atom stereocenters. The Hall–Kier alpha value is -2.38. The van der Waals surface area contributed by atoms with Crippen molar-refractivity contribution < 1.29 is 9.21 Å². The van der Waals surface area contributed by atoms with Gasteiger partial charge < -0.3 is 14.3 Å². The molecule has 0 radical (unpaired) electrons. The first-order valence-corrected chi connectivity index (χ1v) is 9.12. The molecular formula is C18H20N4O2S. The van der Waals surface area contributed by atoms with E-state index in [9.17, 15) is 4.79 Å². The maximum Gasteiger partial charge on any atom is 0.230 e. The predicted molar refractivity (Wildman–Crippen MR) is 94.9 cm³/mol.